The number of rotatable bonds is 11. The number of aliphatic hydroxyl groups excluding tert-OH is 1. The zero-order valence-corrected chi connectivity index (χ0v) is 15.5. The summed E-state index contributed by atoms with van der Waals surface area (Å²) in [6.07, 6.45) is 4.76. The van der Waals surface area contributed by atoms with Gasteiger partial charge in [-0.1, -0.05) is 42.5 Å². The van der Waals surface area contributed by atoms with Gasteiger partial charge < -0.3 is 24.5 Å². The van der Waals surface area contributed by atoms with E-state index < -0.39 is 20.0 Å². The molecule has 1 aliphatic rings. The average Bonchev–Trinajstić information content (AvgIpc) is 2.57. The largest absolute Gasteiger partial charge is 0.389 e. The van der Waals surface area contributed by atoms with Crippen LogP contribution in [0, 0.1) is 0 Å². The van der Waals surface area contributed by atoms with Crippen LogP contribution < -0.4 is 0 Å². The maximum atomic E-state index is 11.7. The lowest BCUT2D eigenvalue weighted by Crippen LogP contribution is -2.51. The smallest absolute Gasteiger partial charge is 0.350 e. The number of ether oxygens (including phenoxy) is 1. The minimum Gasteiger partial charge on any atom is -0.389 e. The second-order valence-corrected chi connectivity index (χ2v) is 8.00. The number of hydrogen-bond donors (Lipinski definition) is 3. The van der Waals surface area contributed by atoms with Crippen molar-refractivity contribution in [3.05, 3.63) is 48.0 Å². The number of nitrogens with zero attached hydrogens (tertiary/aromatic N) is 1. The van der Waals surface area contributed by atoms with Crippen molar-refractivity contribution in [3.8, 4) is 0 Å². The summed E-state index contributed by atoms with van der Waals surface area (Å²) in [5, 5.41) is 10.1. The Labute approximate surface area is 153 Å². The van der Waals surface area contributed by atoms with Gasteiger partial charge in [0.1, 0.15) is 6.35 Å². The van der Waals surface area contributed by atoms with Crippen molar-refractivity contribution in [2.75, 3.05) is 19.5 Å². The molecule has 3 N–H and O–H groups in total. The molecule has 1 saturated heterocycles. The molecule has 144 valence electrons. The van der Waals surface area contributed by atoms with Crippen molar-refractivity contribution in [1.29, 1.82) is 0 Å². The maximum Gasteiger partial charge on any atom is 0.350 e. The Hall–Kier alpha value is -1.50. The van der Waals surface area contributed by atoms with E-state index >= 15 is 0 Å². The summed E-state index contributed by atoms with van der Waals surface area (Å²) in [6.45, 7) is 0.825. The molecule has 1 unspecified atom stereocenters. The first kappa shape index (κ1) is 20.8. The predicted molar refractivity (Wildman–Crippen MR) is 97.5 cm³/mol. The lowest BCUT2D eigenvalue weighted by Gasteiger charge is -2.39. The highest BCUT2D eigenvalue weighted by Crippen LogP contribution is 2.33. The molecule has 0 spiro atoms. The zero-order chi connectivity index (χ0) is 19.0. The summed E-state index contributed by atoms with van der Waals surface area (Å²) in [5.74, 6) is 0.0772. The summed E-state index contributed by atoms with van der Waals surface area (Å²) in [7, 11) is -4.11. The van der Waals surface area contributed by atoms with Crippen molar-refractivity contribution in [2.45, 2.75) is 37.8 Å². The third kappa shape index (κ3) is 7.40. The van der Waals surface area contributed by atoms with Gasteiger partial charge in [-0.2, -0.15) is 0 Å². The van der Waals surface area contributed by atoms with Crippen LogP contribution in [-0.2, 0) is 20.5 Å². The third-order valence-electron chi connectivity index (χ3n) is 4.14. The fourth-order valence-corrected chi connectivity index (χ4v) is 3.16. The van der Waals surface area contributed by atoms with E-state index in [1.807, 2.05) is 36.4 Å². The Kier molecular flexibility index (Phi) is 8.00. The number of β-lactam (4-membered cyclic amide) rings is 1. The molecule has 8 heteroatoms. The molecule has 0 aliphatic carbocycles. The van der Waals surface area contributed by atoms with E-state index in [-0.39, 0.29) is 18.6 Å². The molecule has 0 saturated carbocycles. The van der Waals surface area contributed by atoms with E-state index in [2.05, 4.69) is 0 Å². The number of aliphatic hydroxyl groups is 1. The van der Waals surface area contributed by atoms with Gasteiger partial charge in [0.15, 0.2) is 0 Å². The molecule has 1 aromatic carbocycles. The number of likely N-dealkylation sites (tertiary alicyclic amines) is 1. The second kappa shape index (κ2) is 10.00. The summed E-state index contributed by atoms with van der Waals surface area (Å²) in [4.78, 5) is 30.8. The fraction of sp³-hybridized carbons (Fsp3) is 0.500. The number of carbonyl (C=O) groups is 1. The Morgan fingerprint density at radius 1 is 1.27 bits per heavy atom. The first-order chi connectivity index (χ1) is 12.3. The second-order valence-electron chi connectivity index (χ2n) is 6.41. The Bertz CT molecular complexity index is 644. The van der Waals surface area contributed by atoms with Crippen LogP contribution >= 0.6 is 7.60 Å². The first-order valence-corrected chi connectivity index (χ1v) is 10.5. The van der Waals surface area contributed by atoms with E-state index in [0.717, 1.165) is 5.56 Å². The molecular formula is C18H26NO6P. The van der Waals surface area contributed by atoms with Gasteiger partial charge in [0, 0.05) is 19.6 Å². The molecule has 1 fully saturated rings. The standard InChI is InChI=1S/C18H26NO6P/c20-17(12-15-6-2-1-3-7-15)9-8-16-13-18(21)19(16)10-4-5-11-25-14-26(22,23)24/h1-3,6-9,16-17,20H,4-5,10-14H2,(H2,22,23,24)/b9-8+/t16-,17?/m0/s1. The molecule has 7 nitrogen and oxygen atoms in total. The van der Waals surface area contributed by atoms with E-state index in [9.17, 15) is 14.5 Å². The first-order valence-electron chi connectivity index (χ1n) is 8.67. The quantitative estimate of drug-likeness (QED) is 0.232. The molecule has 1 heterocycles. The fourth-order valence-electron chi connectivity index (χ4n) is 2.79. The van der Waals surface area contributed by atoms with Gasteiger partial charge in [0.2, 0.25) is 5.91 Å². The van der Waals surface area contributed by atoms with Crippen molar-refractivity contribution in [1.82, 2.24) is 4.90 Å². The minimum atomic E-state index is -4.11. The van der Waals surface area contributed by atoms with Crippen LogP contribution in [-0.4, -0.2) is 57.3 Å². The topological polar surface area (TPSA) is 107 Å². The van der Waals surface area contributed by atoms with Crippen molar-refractivity contribution in [3.63, 3.8) is 0 Å². The number of benzene rings is 1. The summed E-state index contributed by atoms with van der Waals surface area (Å²) in [6, 6.07) is 9.73. The Morgan fingerprint density at radius 3 is 2.65 bits per heavy atom. The van der Waals surface area contributed by atoms with Gasteiger partial charge in [-0.05, 0) is 18.4 Å². The van der Waals surface area contributed by atoms with Crippen LogP contribution in [0.4, 0.5) is 0 Å². The molecule has 1 aromatic rings. The zero-order valence-electron chi connectivity index (χ0n) is 14.6. The number of amides is 1. The van der Waals surface area contributed by atoms with Crippen LogP contribution in [0.1, 0.15) is 24.8 Å². The Balaban J connectivity index is 1.66. The van der Waals surface area contributed by atoms with Crippen LogP contribution in [0.3, 0.4) is 0 Å². The van der Waals surface area contributed by atoms with Gasteiger partial charge in [-0.25, -0.2) is 0 Å². The highest BCUT2D eigenvalue weighted by molar-refractivity contribution is 7.51. The number of unbranched alkanes of at least 4 members (excludes halogenated alkanes) is 1. The van der Waals surface area contributed by atoms with Crippen LogP contribution in [0.15, 0.2) is 42.5 Å². The lowest BCUT2D eigenvalue weighted by atomic mass is 9.99. The Morgan fingerprint density at radius 2 is 2.00 bits per heavy atom. The molecular weight excluding hydrogens is 357 g/mol. The van der Waals surface area contributed by atoms with E-state index in [0.29, 0.717) is 32.2 Å². The van der Waals surface area contributed by atoms with Gasteiger partial charge >= 0.3 is 7.60 Å². The average molecular weight is 383 g/mol. The van der Waals surface area contributed by atoms with Crippen molar-refractivity contribution < 1.29 is 29.0 Å². The monoisotopic (exact) mass is 383 g/mol. The lowest BCUT2D eigenvalue weighted by molar-refractivity contribution is -0.143. The van der Waals surface area contributed by atoms with Crippen LogP contribution in [0.2, 0.25) is 0 Å². The van der Waals surface area contributed by atoms with Crippen molar-refractivity contribution in [2.24, 2.45) is 0 Å². The molecule has 0 radical (unpaired) electrons. The van der Waals surface area contributed by atoms with E-state index in [4.69, 9.17) is 14.5 Å². The summed E-state index contributed by atoms with van der Waals surface area (Å²) < 4.78 is 15.6. The minimum absolute atomic E-state index is 0.00365. The van der Waals surface area contributed by atoms with Gasteiger partial charge in [0.25, 0.3) is 0 Å². The summed E-state index contributed by atoms with van der Waals surface area (Å²) in [5.41, 5.74) is 1.06. The highest BCUT2D eigenvalue weighted by atomic mass is 31.2. The van der Waals surface area contributed by atoms with Gasteiger partial charge in [0.05, 0.1) is 18.6 Å². The molecule has 1 amide bonds. The number of hydrogen-bond acceptors (Lipinski definition) is 4. The van der Waals surface area contributed by atoms with Crippen LogP contribution in [0.25, 0.3) is 0 Å². The van der Waals surface area contributed by atoms with Crippen molar-refractivity contribution >= 4 is 13.5 Å². The summed E-state index contributed by atoms with van der Waals surface area (Å²) >= 11 is 0. The maximum absolute atomic E-state index is 11.7. The van der Waals surface area contributed by atoms with E-state index in [1.54, 1.807) is 11.0 Å². The van der Waals surface area contributed by atoms with Crippen LogP contribution in [0.5, 0.6) is 0 Å². The molecule has 26 heavy (non-hydrogen) atoms. The third-order valence-corrected chi connectivity index (χ3v) is 4.66. The molecule has 1 aliphatic heterocycles. The van der Waals surface area contributed by atoms with E-state index in [1.165, 1.54) is 0 Å². The van der Waals surface area contributed by atoms with Gasteiger partial charge in [-0.15, -0.1) is 0 Å². The molecule has 0 bridgehead atoms. The molecule has 0 aromatic heterocycles. The predicted octanol–water partition coefficient (Wildman–Crippen LogP) is 1.68. The highest BCUT2D eigenvalue weighted by Gasteiger charge is 2.33. The molecule has 2 rings (SSSR count). The normalized spacial score (nSPS) is 19.0. The van der Waals surface area contributed by atoms with Gasteiger partial charge in [-0.3, -0.25) is 9.36 Å². The number of carbonyl (C=O) groups excluding carboxylic acids is 1. The SMILES string of the molecule is O=C1C[C@H](/C=C/C(O)Cc2ccccc2)N1CCCCOCP(=O)(O)O. The molecule has 2 atom stereocenters.